The van der Waals surface area contributed by atoms with Gasteiger partial charge in [-0.3, -0.25) is 4.79 Å². The van der Waals surface area contributed by atoms with Crippen molar-refractivity contribution in [2.45, 2.75) is 44.1 Å². The molecule has 3 aromatic rings. The predicted octanol–water partition coefficient (Wildman–Crippen LogP) is 4.24. The van der Waals surface area contributed by atoms with E-state index < -0.39 is 18.3 Å². The molecule has 1 saturated heterocycles. The summed E-state index contributed by atoms with van der Waals surface area (Å²) in [6.07, 6.45) is 2.25. The number of urea groups is 1. The quantitative estimate of drug-likeness (QED) is 0.192. The van der Waals surface area contributed by atoms with E-state index in [1.807, 2.05) is 30.3 Å². The first-order chi connectivity index (χ1) is 19.0. The van der Waals surface area contributed by atoms with Crippen molar-refractivity contribution in [1.29, 1.82) is 0 Å². The number of benzene rings is 2. The molecule has 1 aromatic heterocycles. The van der Waals surface area contributed by atoms with Crippen molar-refractivity contribution >= 4 is 29.4 Å². The van der Waals surface area contributed by atoms with Crippen LogP contribution < -0.4 is 10.6 Å². The lowest BCUT2D eigenvalue weighted by molar-refractivity contribution is -0.268. The normalized spacial score (nSPS) is 20.7. The van der Waals surface area contributed by atoms with Crippen LogP contribution in [0.15, 0.2) is 72.1 Å². The molecule has 206 valence electrons. The molecular weight excluding hydrogens is 520 g/mol. The minimum Gasteiger partial charge on any atom is -0.465 e. The van der Waals surface area contributed by atoms with Crippen molar-refractivity contribution < 1.29 is 28.9 Å². The lowest BCUT2D eigenvalue weighted by Crippen LogP contribution is -2.38. The molecule has 2 heterocycles. The maximum absolute atomic E-state index is 12.3. The van der Waals surface area contributed by atoms with E-state index >= 15 is 0 Å². The summed E-state index contributed by atoms with van der Waals surface area (Å²) in [4.78, 5) is 32.4. The average molecular weight is 553 g/mol. The van der Waals surface area contributed by atoms with Gasteiger partial charge in [0.25, 0.3) is 0 Å². The molecule has 0 spiro atoms. The standard InChI is InChI=1S/C28H32N4O6S/c1-3-36-24(34)15-31-27(35)32-22-7-4-6-21(14-22)26-37-23(17-39-28-29-12-5-13-30-28)18(2)25(38-26)20-10-8-19(16-33)9-11-20/h4-14,18,23,25-26,33H,3,15-17H2,1-2H3,(H2,31,32,35)/t18-,23+,25+,26+/m1/s1. The monoisotopic (exact) mass is 552 g/mol. The molecule has 1 aliphatic heterocycles. The number of aliphatic hydroxyl groups excluding tert-OH is 1. The number of anilines is 1. The Morgan fingerprint density at radius 2 is 1.82 bits per heavy atom. The summed E-state index contributed by atoms with van der Waals surface area (Å²) in [5.41, 5.74) is 3.05. The van der Waals surface area contributed by atoms with Crippen LogP contribution in [0.1, 0.15) is 42.9 Å². The molecule has 0 aliphatic carbocycles. The van der Waals surface area contributed by atoms with Crippen molar-refractivity contribution in [1.82, 2.24) is 15.3 Å². The number of carbonyl (C=O) groups excluding carboxylic acids is 2. The van der Waals surface area contributed by atoms with Gasteiger partial charge in [-0.2, -0.15) is 0 Å². The fraction of sp³-hybridized carbons (Fsp3) is 0.357. The van der Waals surface area contributed by atoms with Crippen LogP contribution in [-0.2, 0) is 25.6 Å². The first kappa shape index (κ1) is 28.5. The zero-order valence-corrected chi connectivity index (χ0v) is 22.6. The van der Waals surface area contributed by atoms with Gasteiger partial charge in [0.15, 0.2) is 11.4 Å². The Balaban J connectivity index is 1.51. The first-order valence-corrected chi connectivity index (χ1v) is 13.7. The van der Waals surface area contributed by atoms with E-state index in [2.05, 4.69) is 27.5 Å². The number of esters is 1. The van der Waals surface area contributed by atoms with E-state index in [0.29, 0.717) is 16.6 Å². The van der Waals surface area contributed by atoms with Gasteiger partial charge in [-0.25, -0.2) is 14.8 Å². The van der Waals surface area contributed by atoms with Crippen molar-refractivity contribution in [3.63, 3.8) is 0 Å². The highest BCUT2D eigenvalue weighted by Gasteiger charge is 2.38. The Morgan fingerprint density at radius 3 is 2.54 bits per heavy atom. The molecule has 10 nitrogen and oxygen atoms in total. The highest BCUT2D eigenvalue weighted by molar-refractivity contribution is 7.99. The van der Waals surface area contributed by atoms with E-state index in [1.54, 1.807) is 43.6 Å². The molecule has 0 bridgehead atoms. The molecule has 2 amide bonds. The molecule has 0 unspecified atom stereocenters. The molecule has 4 rings (SSSR count). The summed E-state index contributed by atoms with van der Waals surface area (Å²) >= 11 is 1.52. The van der Waals surface area contributed by atoms with Crippen LogP contribution in [-0.4, -0.2) is 52.1 Å². The molecule has 11 heteroatoms. The zero-order valence-electron chi connectivity index (χ0n) is 21.8. The molecule has 39 heavy (non-hydrogen) atoms. The van der Waals surface area contributed by atoms with E-state index in [9.17, 15) is 14.7 Å². The van der Waals surface area contributed by atoms with Gasteiger partial charge in [-0.05, 0) is 36.2 Å². The fourth-order valence-electron chi connectivity index (χ4n) is 4.13. The van der Waals surface area contributed by atoms with Crippen LogP contribution in [0.4, 0.5) is 10.5 Å². The smallest absolute Gasteiger partial charge is 0.325 e. The second-order valence-corrected chi connectivity index (χ2v) is 9.89. The summed E-state index contributed by atoms with van der Waals surface area (Å²) in [6, 6.07) is 16.1. The number of hydrogen-bond donors (Lipinski definition) is 3. The molecular formula is C28H32N4O6S. The lowest BCUT2D eigenvalue weighted by atomic mass is 9.91. The van der Waals surface area contributed by atoms with Crippen LogP contribution in [0.5, 0.6) is 0 Å². The summed E-state index contributed by atoms with van der Waals surface area (Å²) in [5.74, 6) is 0.111. The van der Waals surface area contributed by atoms with Crippen molar-refractivity contribution in [2.75, 3.05) is 24.2 Å². The van der Waals surface area contributed by atoms with Gasteiger partial charge >= 0.3 is 12.0 Å². The van der Waals surface area contributed by atoms with E-state index in [4.69, 9.17) is 14.2 Å². The van der Waals surface area contributed by atoms with E-state index in [1.165, 1.54) is 11.8 Å². The van der Waals surface area contributed by atoms with Crippen LogP contribution >= 0.6 is 11.8 Å². The maximum atomic E-state index is 12.3. The zero-order chi connectivity index (χ0) is 27.6. The Hall–Kier alpha value is -3.51. The molecule has 1 aliphatic rings. The first-order valence-electron chi connectivity index (χ1n) is 12.7. The Labute approximate surface area is 231 Å². The largest absolute Gasteiger partial charge is 0.465 e. The summed E-state index contributed by atoms with van der Waals surface area (Å²) in [7, 11) is 0. The van der Waals surface area contributed by atoms with Crippen molar-refractivity contribution in [2.24, 2.45) is 5.92 Å². The molecule has 3 N–H and O–H groups in total. The number of thioether (sulfide) groups is 1. The summed E-state index contributed by atoms with van der Waals surface area (Å²) in [6.45, 7) is 3.77. The molecule has 0 saturated carbocycles. The molecule has 1 fully saturated rings. The minimum atomic E-state index is -0.699. The SMILES string of the molecule is CCOC(=O)CNC(=O)Nc1cccc([C@H]2O[C@@H](CSc3ncccn3)[C@@H](C)[C@@H](c3ccc(CO)cc3)O2)c1. The number of hydrogen-bond acceptors (Lipinski definition) is 9. The topological polar surface area (TPSA) is 132 Å². The predicted molar refractivity (Wildman–Crippen MR) is 146 cm³/mol. The van der Waals surface area contributed by atoms with Gasteiger partial charge in [0.1, 0.15) is 6.54 Å². The fourth-order valence-corrected chi connectivity index (χ4v) is 5.10. The highest BCUT2D eigenvalue weighted by atomic mass is 32.2. The van der Waals surface area contributed by atoms with Gasteiger partial charge in [-0.15, -0.1) is 0 Å². The van der Waals surface area contributed by atoms with E-state index in [-0.39, 0.29) is 37.9 Å². The Bertz CT molecular complexity index is 1230. The number of amides is 2. The number of aliphatic hydroxyl groups is 1. The van der Waals surface area contributed by atoms with Crippen LogP contribution in [0.3, 0.4) is 0 Å². The summed E-state index contributed by atoms with van der Waals surface area (Å²) in [5, 5.41) is 15.3. The van der Waals surface area contributed by atoms with Crippen LogP contribution in [0.2, 0.25) is 0 Å². The van der Waals surface area contributed by atoms with Crippen molar-refractivity contribution in [3.05, 3.63) is 83.7 Å². The number of rotatable bonds is 10. The second kappa shape index (κ2) is 14.0. The van der Waals surface area contributed by atoms with Gasteiger partial charge in [-0.1, -0.05) is 55.1 Å². The molecule has 2 aromatic carbocycles. The number of ether oxygens (including phenoxy) is 3. The third-order valence-electron chi connectivity index (χ3n) is 6.16. The van der Waals surface area contributed by atoms with Gasteiger partial charge < -0.3 is 30.0 Å². The molecule has 0 radical (unpaired) electrons. The number of aromatic nitrogens is 2. The second-order valence-electron chi connectivity index (χ2n) is 8.90. The van der Waals surface area contributed by atoms with Gasteiger partial charge in [0.05, 0.1) is 25.4 Å². The van der Waals surface area contributed by atoms with Gasteiger partial charge in [0, 0.05) is 35.3 Å². The third kappa shape index (κ3) is 7.99. The van der Waals surface area contributed by atoms with Crippen LogP contribution in [0.25, 0.3) is 0 Å². The van der Waals surface area contributed by atoms with E-state index in [0.717, 1.165) is 16.7 Å². The number of carbonyl (C=O) groups is 2. The average Bonchev–Trinajstić information content (AvgIpc) is 2.96. The van der Waals surface area contributed by atoms with Crippen molar-refractivity contribution in [3.8, 4) is 0 Å². The Kier molecular flexibility index (Phi) is 10.3. The van der Waals surface area contributed by atoms with Crippen LogP contribution in [0, 0.1) is 5.92 Å². The minimum absolute atomic E-state index is 0.00685. The lowest BCUT2D eigenvalue weighted by Gasteiger charge is -2.41. The number of nitrogens with zero attached hydrogens (tertiary/aromatic N) is 2. The highest BCUT2D eigenvalue weighted by Crippen LogP contribution is 2.43. The van der Waals surface area contributed by atoms with Gasteiger partial charge in [0.2, 0.25) is 0 Å². The molecule has 4 atom stereocenters. The maximum Gasteiger partial charge on any atom is 0.325 e. The summed E-state index contributed by atoms with van der Waals surface area (Å²) < 4.78 is 17.7. The third-order valence-corrected chi connectivity index (χ3v) is 7.12. The Morgan fingerprint density at radius 1 is 1.05 bits per heavy atom. The number of nitrogens with one attached hydrogen (secondary N) is 2.